The molecule has 3 aromatic carbocycles. The molecule has 0 spiro atoms. The Labute approximate surface area is 217 Å². The van der Waals surface area contributed by atoms with Crippen molar-refractivity contribution in [1.82, 2.24) is 4.57 Å². The molecule has 4 nitrogen and oxygen atoms in total. The number of benzene rings is 3. The topological polar surface area (TPSA) is 42.1 Å². The van der Waals surface area contributed by atoms with Crippen molar-refractivity contribution < 1.29 is 31.1 Å². The average molecular weight is 578 g/mol. The van der Waals surface area contributed by atoms with Gasteiger partial charge in [0.15, 0.2) is 18.0 Å². The molecule has 1 aromatic heterocycles. The molecule has 0 aliphatic carbocycles. The van der Waals surface area contributed by atoms with Crippen molar-refractivity contribution in [2.75, 3.05) is 6.54 Å². The number of Topliss-reactive ketones (excluding diaryl/α,β-unsaturated/α-hetero) is 2. The largest absolute Gasteiger partial charge is 1.00 e. The summed E-state index contributed by atoms with van der Waals surface area (Å²) in [5.41, 5.74) is 3.19. The first-order chi connectivity index (χ1) is 16.1. The standard InChI is InChI=1S/C28H22BrN2O2.BrH/c29-23-15-13-22(14-16-23)28(33)27-26(21-10-5-2-6-11-21)30(18-24-12-7-17-31(24)27)19-25(32)20-8-3-1-4-9-20;/h1-18,26-27H,19H2;1H/q+1;/p-1/t26-,27+;/m1./s1. The lowest BCUT2D eigenvalue weighted by Crippen LogP contribution is -3.00. The summed E-state index contributed by atoms with van der Waals surface area (Å²) >= 11 is 3.45. The van der Waals surface area contributed by atoms with E-state index in [-0.39, 0.29) is 41.1 Å². The van der Waals surface area contributed by atoms with Crippen molar-refractivity contribution in [3.05, 3.63) is 130 Å². The van der Waals surface area contributed by atoms with E-state index in [1.54, 1.807) is 0 Å². The van der Waals surface area contributed by atoms with Gasteiger partial charge in [0, 0.05) is 27.4 Å². The summed E-state index contributed by atoms with van der Waals surface area (Å²) in [4.78, 5) is 27.1. The maximum absolute atomic E-state index is 13.9. The maximum atomic E-state index is 13.9. The van der Waals surface area contributed by atoms with Crippen LogP contribution in [0.2, 0.25) is 0 Å². The quantitative estimate of drug-likeness (QED) is 0.261. The van der Waals surface area contributed by atoms with Crippen LogP contribution in [0.5, 0.6) is 0 Å². The summed E-state index contributed by atoms with van der Waals surface area (Å²) < 4.78 is 4.96. The van der Waals surface area contributed by atoms with Gasteiger partial charge in [0.25, 0.3) is 0 Å². The Kier molecular flexibility index (Phi) is 7.39. The van der Waals surface area contributed by atoms with E-state index in [9.17, 15) is 9.59 Å². The second-order valence-corrected chi connectivity index (χ2v) is 9.02. The molecule has 2 atom stereocenters. The van der Waals surface area contributed by atoms with E-state index >= 15 is 0 Å². The van der Waals surface area contributed by atoms with Crippen LogP contribution in [0.4, 0.5) is 0 Å². The summed E-state index contributed by atoms with van der Waals surface area (Å²) in [6.07, 6.45) is 3.93. The van der Waals surface area contributed by atoms with Crippen LogP contribution < -0.4 is 17.0 Å². The lowest BCUT2D eigenvalue weighted by atomic mass is 9.90. The van der Waals surface area contributed by atoms with Gasteiger partial charge in [-0.15, -0.1) is 0 Å². The Morgan fingerprint density at radius 2 is 1.44 bits per heavy atom. The highest BCUT2D eigenvalue weighted by Gasteiger charge is 2.43. The number of carbonyl (C=O) groups is 2. The molecule has 1 aliphatic rings. The lowest BCUT2D eigenvalue weighted by molar-refractivity contribution is -0.563. The van der Waals surface area contributed by atoms with Gasteiger partial charge in [-0.2, -0.15) is 0 Å². The minimum absolute atomic E-state index is 0. The van der Waals surface area contributed by atoms with Crippen LogP contribution in [0, 0.1) is 0 Å². The Morgan fingerprint density at radius 1 is 0.794 bits per heavy atom. The molecule has 0 radical (unpaired) electrons. The molecule has 6 heteroatoms. The van der Waals surface area contributed by atoms with Crippen LogP contribution in [0.1, 0.15) is 44.1 Å². The van der Waals surface area contributed by atoms with E-state index in [2.05, 4.69) is 15.9 Å². The number of nitrogens with zero attached hydrogens (tertiary/aromatic N) is 2. The molecule has 5 rings (SSSR count). The van der Waals surface area contributed by atoms with Gasteiger partial charge in [-0.25, -0.2) is 4.58 Å². The number of hydrogen-bond donors (Lipinski definition) is 0. The predicted molar refractivity (Wildman–Crippen MR) is 132 cm³/mol. The summed E-state index contributed by atoms with van der Waals surface area (Å²) in [5, 5.41) is 0. The molecule has 4 aromatic rings. The van der Waals surface area contributed by atoms with Crippen molar-refractivity contribution in [1.29, 1.82) is 0 Å². The zero-order valence-corrected chi connectivity index (χ0v) is 21.4. The maximum Gasteiger partial charge on any atom is 0.227 e. The molecule has 170 valence electrons. The lowest BCUT2D eigenvalue weighted by Gasteiger charge is -2.30. The molecule has 1 aliphatic heterocycles. The molecule has 0 saturated heterocycles. The molecule has 2 heterocycles. The molecule has 34 heavy (non-hydrogen) atoms. The predicted octanol–water partition coefficient (Wildman–Crippen LogP) is 2.75. The number of hydrogen-bond acceptors (Lipinski definition) is 2. The van der Waals surface area contributed by atoms with E-state index in [4.69, 9.17) is 0 Å². The van der Waals surface area contributed by atoms with E-state index < -0.39 is 6.04 Å². The minimum atomic E-state index is -0.507. The Bertz CT molecular complexity index is 1330. The molecular weight excluding hydrogens is 556 g/mol. The zero-order valence-electron chi connectivity index (χ0n) is 18.2. The third-order valence-electron chi connectivity index (χ3n) is 6.03. The van der Waals surface area contributed by atoms with Gasteiger partial charge in [-0.1, -0.05) is 88.7 Å². The van der Waals surface area contributed by atoms with Crippen LogP contribution in [-0.2, 0) is 0 Å². The SMILES string of the molecule is O=C(C[N+]1=Cc2cccn2[C@H](C(=O)c2ccc(Br)cc2)[C@H]1c1ccccc1)c1ccccc1.[Br-]. The van der Waals surface area contributed by atoms with E-state index in [0.717, 1.165) is 15.7 Å². The highest BCUT2D eigenvalue weighted by molar-refractivity contribution is 9.10. The zero-order chi connectivity index (χ0) is 22.8. The average Bonchev–Trinajstić information content (AvgIpc) is 3.32. The first-order valence-corrected chi connectivity index (χ1v) is 11.6. The Hall–Kier alpha value is -3.09. The Balaban J connectivity index is 0.00000274. The number of halogens is 2. The highest BCUT2D eigenvalue weighted by Crippen LogP contribution is 2.36. The van der Waals surface area contributed by atoms with E-state index in [0.29, 0.717) is 11.1 Å². The van der Waals surface area contributed by atoms with Crippen LogP contribution >= 0.6 is 15.9 Å². The molecule has 0 bridgehead atoms. The number of fused-ring (bicyclic) bond motifs is 1. The van der Waals surface area contributed by atoms with Gasteiger partial charge in [-0.3, -0.25) is 9.59 Å². The first kappa shape index (κ1) is 24.0. The summed E-state index contributed by atoms with van der Waals surface area (Å²) in [6, 6.07) is 29.8. The molecular formula is C28H22Br2N2O2. The van der Waals surface area contributed by atoms with Crippen molar-refractivity contribution in [2.24, 2.45) is 0 Å². The summed E-state index contributed by atoms with van der Waals surface area (Å²) in [5.74, 6) is 0.0293. The third kappa shape index (κ3) is 4.74. The number of aromatic nitrogens is 1. The second-order valence-electron chi connectivity index (χ2n) is 8.10. The van der Waals surface area contributed by atoms with Crippen LogP contribution in [0.15, 0.2) is 108 Å². The minimum Gasteiger partial charge on any atom is -1.00 e. The van der Waals surface area contributed by atoms with Crippen molar-refractivity contribution in [3.8, 4) is 0 Å². The fourth-order valence-corrected chi connectivity index (χ4v) is 4.72. The highest BCUT2D eigenvalue weighted by atomic mass is 79.9. The number of rotatable bonds is 6. The van der Waals surface area contributed by atoms with Crippen molar-refractivity contribution in [2.45, 2.75) is 12.1 Å². The molecule has 0 N–H and O–H groups in total. The second kappa shape index (κ2) is 10.5. The van der Waals surface area contributed by atoms with Gasteiger partial charge in [0.2, 0.25) is 18.4 Å². The van der Waals surface area contributed by atoms with Crippen LogP contribution in [-0.4, -0.2) is 33.5 Å². The van der Waals surface area contributed by atoms with Gasteiger partial charge in [0.1, 0.15) is 5.69 Å². The molecule has 0 amide bonds. The van der Waals surface area contributed by atoms with Gasteiger partial charge >= 0.3 is 0 Å². The Morgan fingerprint density at radius 3 is 2.12 bits per heavy atom. The number of ketones is 2. The first-order valence-electron chi connectivity index (χ1n) is 10.8. The normalized spacial score (nSPS) is 16.7. The van der Waals surface area contributed by atoms with Gasteiger partial charge < -0.3 is 21.5 Å². The van der Waals surface area contributed by atoms with Gasteiger partial charge in [-0.05, 0) is 24.3 Å². The van der Waals surface area contributed by atoms with Crippen molar-refractivity contribution in [3.63, 3.8) is 0 Å². The summed E-state index contributed by atoms with van der Waals surface area (Å²) in [7, 11) is 0. The van der Waals surface area contributed by atoms with Crippen molar-refractivity contribution >= 4 is 33.7 Å². The smallest absolute Gasteiger partial charge is 0.227 e. The van der Waals surface area contributed by atoms with E-state index in [1.807, 2.05) is 119 Å². The molecule has 0 saturated carbocycles. The monoisotopic (exact) mass is 576 g/mol. The third-order valence-corrected chi connectivity index (χ3v) is 6.56. The molecule has 0 unspecified atom stereocenters. The van der Waals surface area contributed by atoms with E-state index in [1.165, 1.54) is 0 Å². The fourth-order valence-electron chi connectivity index (χ4n) is 4.46. The number of carbonyl (C=O) groups excluding carboxylic acids is 2. The van der Waals surface area contributed by atoms with Gasteiger partial charge in [0.05, 0.1) is 0 Å². The fraction of sp³-hybridized carbons (Fsp3) is 0.107. The van der Waals surface area contributed by atoms with Crippen LogP contribution in [0.25, 0.3) is 0 Å². The summed E-state index contributed by atoms with van der Waals surface area (Å²) in [6.45, 7) is 0.179. The van der Waals surface area contributed by atoms with Crippen LogP contribution in [0.3, 0.4) is 0 Å². The molecule has 0 fully saturated rings.